The van der Waals surface area contributed by atoms with Gasteiger partial charge in [-0.15, -0.1) is 0 Å². The summed E-state index contributed by atoms with van der Waals surface area (Å²) in [6.45, 7) is 3.47. The van der Waals surface area contributed by atoms with Crippen LogP contribution in [0.1, 0.15) is 19.2 Å². The van der Waals surface area contributed by atoms with Gasteiger partial charge < -0.3 is 4.74 Å². The van der Waals surface area contributed by atoms with Gasteiger partial charge in [0, 0.05) is 19.0 Å². The Morgan fingerprint density at radius 1 is 1.35 bits per heavy atom. The summed E-state index contributed by atoms with van der Waals surface area (Å²) in [5, 5.41) is 4.16. The number of nitrogens with one attached hydrogen (secondary N) is 1. The second-order valence-corrected chi connectivity index (χ2v) is 4.51. The van der Waals surface area contributed by atoms with Crippen LogP contribution in [0.5, 0.6) is 5.75 Å². The Hall–Kier alpha value is -1.92. The molecule has 0 aliphatic heterocycles. The summed E-state index contributed by atoms with van der Waals surface area (Å²) in [6.07, 6.45) is 3.12. The molecule has 6 nitrogen and oxygen atoms in total. The highest BCUT2D eigenvalue weighted by atomic mass is 16.5. The van der Waals surface area contributed by atoms with Crippen LogP contribution in [-0.2, 0) is 13.0 Å². The van der Waals surface area contributed by atoms with Crippen molar-refractivity contribution in [3.63, 3.8) is 0 Å². The van der Waals surface area contributed by atoms with Crippen molar-refractivity contribution in [2.24, 2.45) is 5.84 Å². The normalized spacial score (nSPS) is 12.3. The molecule has 0 aliphatic rings. The van der Waals surface area contributed by atoms with Crippen molar-refractivity contribution in [1.29, 1.82) is 0 Å². The summed E-state index contributed by atoms with van der Waals surface area (Å²) < 4.78 is 7.55. The average molecular weight is 275 g/mol. The van der Waals surface area contributed by atoms with Gasteiger partial charge in [-0.2, -0.15) is 5.10 Å². The van der Waals surface area contributed by atoms with Gasteiger partial charge in [0.25, 0.3) is 0 Å². The van der Waals surface area contributed by atoms with E-state index in [0.29, 0.717) is 6.61 Å². The molecule has 1 aromatic heterocycles. The number of hydrazine groups is 1. The molecule has 0 spiro atoms. The SMILES string of the molecule is CCn1ncnc1CC(CCOc1ccccc1)NN. The maximum atomic E-state index is 5.68. The molecule has 6 heteroatoms. The zero-order valence-corrected chi connectivity index (χ0v) is 11.7. The maximum Gasteiger partial charge on any atom is 0.138 e. The molecule has 1 aromatic carbocycles. The van der Waals surface area contributed by atoms with E-state index in [-0.39, 0.29) is 6.04 Å². The third kappa shape index (κ3) is 4.04. The van der Waals surface area contributed by atoms with E-state index in [0.717, 1.165) is 31.0 Å². The number of benzene rings is 1. The van der Waals surface area contributed by atoms with Gasteiger partial charge in [0.15, 0.2) is 0 Å². The maximum absolute atomic E-state index is 5.68. The molecule has 108 valence electrons. The molecule has 0 bridgehead atoms. The van der Waals surface area contributed by atoms with Crippen molar-refractivity contribution < 1.29 is 4.74 Å². The minimum Gasteiger partial charge on any atom is -0.494 e. The quantitative estimate of drug-likeness (QED) is 0.558. The lowest BCUT2D eigenvalue weighted by Gasteiger charge is -2.16. The molecular formula is C14H21N5O. The highest BCUT2D eigenvalue weighted by Gasteiger charge is 2.12. The molecule has 3 N–H and O–H groups in total. The Morgan fingerprint density at radius 2 is 2.15 bits per heavy atom. The predicted octanol–water partition coefficient (Wildman–Crippen LogP) is 1.14. The number of nitrogens with zero attached hydrogens (tertiary/aromatic N) is 3. The lowest BCUT2D eigenvalue weighted by molar-refractivity contribution is 0.283. The van der Waals surface area contributed by atoms with E-state index in [1.807, 2.05) is 41.9 Å². The number of nitrogens with two attached hydrogens (primary N) is 1. The van der Waals surface area contributed by atoms with Gasteiger partial charge in [0.2, 0.25) is 0 Å². The monoisotopic (exact) mass is 275 g/mol. The first kappa shape index (κ1) is 14.5. The van der Waals surface area contributed by atoms with E-state index in [2.05, 4.69) is 15.5 Å². The van der Waals surface area contributed by atoms with E-state index < -0.39 is 0 Å². The van der Waals surface area contributed by atoms with Crippen molar-refractivity contribution >= 4 is 0 Å². The fraction of sp³-hybridized carbons (Fsp3) is 0.429. The molecule has 0 radical (unpaired) electrons. The summed E-state index contributed by atoms with van der Waals surface area (Å²) in [4.78, 5) is 4.26. The zero-order chi connectivity index (χ0) is 14.2. The molecule has 2 rings (SSSR count). The van der Waals surface area contributed by atoms with Gasteiger partial charge in [0.05, 0.1) is 6.61 Å². The molecule has 1 atom stereocenters. The molecule has 2 aromatic rings. The van der Waals surface area contributed by atoms with E-state index in [1.165, 1.54) is 0 Å². The fourth-order valence-electron chi connectivity index (χ4n) is 2.01. The molecule has 0 saturated heterocycles. The van der Waals surface area contributed by atoms with Gasteiger partial charge in [-0.3, -0.25) is 16.0 Å². The Labute approximate surface area is 118 Å². The predicted molar refractivity (Wildman–Crippen MR) is 77.1 cm³/mol. The van der Waals surface area contributed by atoms with Crippen molar-refractivity contribution in [3.05, 3.63) is 42.5 Å². The smallest absolute Gasteiger partial charge is 0.138 e. The molecule has 0 fully saturated rings. The summed E-state index contributed by atoms with van der Waals surface area (Å²) >= 11 is 0. The van der Waals surface area contributed by atoms with Gasteiger partial charge in [0.1, 0.15) is 17.9 Å². The largest absolute Gasteiger partial charge is 0.494 e. The van der Waals surface area contributed by atoms with Crippen LogP contribution < -0.4 is 16.0 Å². The number of hydrogen-bond donors (Lipinski definition) is 2. The van der Waals surface area contributed by atoms with Gasteiger partial charge in [-0.1, -0.05) is 18.2 Å². The third-order valence-electron chi connectivity index (χ3n) is 3.14. The zero-order valence-electron chi connectivity index (χ0n) is 11.7. The van der Waals surface area contributed by atoms with E-state index in [4.69, 9.17) is 10.6 Å². The summed E-state index contributed by atoms with van der Waals surface area (Å²) in [7, 11) is 0. The fourth-order valence-corrected chi connectivity index (χ4v) is 2.01. The number of hydrogen-bond acceptors (Lipinski definition) is 5. The molecule has 0 saturated carbocycles. The van der Waals surface area contributed by atoms with Crippen LogP contribution in [-0.4, -0.2) is 27.4 Å². The van der Waals surface area contributed by atoms with Crippen LogP contribution in [0, 0.1) is 0 Å². The van der Waals surface area contributed by atoms with Crippen molar-refractivity contribution in [2.45, 2.75) is 32.4 Å². The molecule has 0 amide bonds. The molecule has 1 unspecified atom stereocenters. The molecule has 0 aliphatic carbocycles. The van der Waals surface area contributed by atoms with Crippen LogP contribution in [0.25, 0.3) is 0 Å². The Bertz CT molecular complexity index is 499. The Morgan fingerprint density at radius 3 is 2.85 bits per heavy atom. The number of ether oxygens (including phenoxy) is 1. The minimum absolute atomic E-state index is 0.119. The van der Waals surface area contributed by atoms with Crippen LogP contribution in [0.2, 0.25) is 0 Å². The first-order chi connectivity index (χ1) is 9.83. The lowest BCUT2D eigenvalue weighted by Crippen LogP contribution is -2.38. The standard InChI is InChI=1S/C14H21N5O/c1-2-19-14(16-11-17-19)10-12(18-15)8-9-20-13-6-4-3-5-7-13/h3-7,11-12,18H,2,8-10,15H2,1H3. The molecular weight excluding hydrogens is 254 g/mol. The van der Waals surface area contributed by atoms with Crippen LogP contribution in [0.3, 0.4) is 0 Å². The number of aromatic nitrogens is 3. The lowest BCUT2D eigenvalue weighted by atomic mass is 10.1. The first-order valence-electron chi connectivity index (χ1n) is 6.84. The summed E-state index contributed by atoms with van der Waals surface area (Å²) in [6, 6.07) is 9.88. The van der Waals surface area contributed by atoms with Gasteiger partial charge in [-0.25, -0.2) is 4.98 Å². The second-order valence-electron chi connectivity index (χ2n) is 4.51. The molecule has 1 heterocycles. The van der Waals surface area contributed by atoms with Crippen LogP contribution >= 0.6 is 0 Å². The summed E-state index contributed by atoms with van der Waals surface area (Å²) in [5.41, 5.74) is 2.82. The van der Waals surface area contributed by atoms with Crippen molar-refractivity contribution in [2.75, 3.05) is 6.61 Å². The summed E-state index contributed by atoms with van der Waals surface area (Å²) in [5.74, 6) is 7.41. The highest BCUT2D eigenvalue weighted by molar-refractivity contribution is 5.20. The van der Waals surface area contributed by atoms with Crippen LogP contribution in [0.15, 0.2) is 36.7 Å². The average Bonchev–Trinajstić information content (AvgIpc) is 2.94. The van der Waals surface area contributed by atoms with Gasteiger partial charge in [-0.05, 0) is 25.5 Å². The highest BCUT2D eigenvalue weighted by Crippen LogP contribution is 2.10. The van der Waals surface area contributed by atoms with Crippen LogP contribution in [0.4, 0.5) is 0 Å². The molecule has 20 heavy (non-hydrogen) atoms. The number of para-hydroxylation sites is 1. The topological polar surface area (TPSA) is 78.0 Å². The van der Waals surface area contributed by atoms with E-state index >= 15 is 0 Å². The Balaban J connectivity index is 1.81. The first-order valence-corrected chi connectivity index (χ1v) is 6.84. The van der Waals surface area contributed by atoms with E-state index in [9.17, 15) is 0 Å². The van der Waals surface area contributed by atoms with Gasteiger partial charge >= 0.3 is 0 Å². The second kappa shape index (κ2) is 7.62. The number of rotatable bonds is 8. The van der Waals surface area contributed by atoms with E-state index in [1.54, 1.807) is 6.33 Å². The Kier molecular flexibility index (Phi) is 5.52. The van der Waals surface area contributed by atoms with Crippen molar-refractivity contribution in [3.8, 4) is 5.75 Å². The minimum atomic E-state index is 0.119. The third-order valence-corrected chi connectivity index (χ3v) is 3.14. The number of aryl methyl sites for hydroxylation is 1. The van der Waals surface area contributed by atoms with Crippen molar-refractivity contribution in [1.82, 2.24) is 20.2 Å².